The first kappa shape index (κ1) is 35.9. The van der Waals surface area contributed by atoms with Crippen molar-refractivity contribution in [2.45, 2.75) is 27.5 Å². The van der Waals surface area contributed by atoms with Crippen LogP contribution >= 0.6 is 11.8 Å². The van der Waals surface area contributed by atoms with Crippen LogP contribution < -0.4 is 10.6 Å². The predicted molar refractivity (Wildman–Crippen MR) is 262 cm³/mol. The van der Waals surface area contributed by atoms with Gasteiger partial charge in [-0.2, -0.15) is 0 Å². The number of aliphatic imine (C=N–C) groups is 1. The molecule has 0 amide bonds. The average molecular weight is 838 g/mol. The zero-order chi connectivity index (χ0) is 41.9. The molecule has 6 heteroatoms. The summed E-state index contributed by atoms with van der Waals surface area (Å²) in [5.74, 6) is 0.878. The van der Waals surface area contributed by atoms with Gasteiger partial charge < -0.3 is 14.5 Å². The second kappa shape index (κ2) is 13.7. The highest BCUT2D eigenvalue weighted by atomic mass is 32.2. The fourth-order valence-corrected chi connectivity index (χ4v) is 12.5. The molecule has 2 aromatic heterocycles. The van der Waals surface area contributed by atoms with Gasteiger partial charge in [-0.25, -0.2) is 4.99 Å². The van der Waals surface area contributed by atoms with Crippen molar-refractivity contribution < 1.29 is 0 Å². The molecule has 0 saturated carbocycles. The molecule has 3 aliphatic heterocycles. The molecule has 302 valence electrons. The third-order valence-electron chi connectivity index (χ3n) is 13.9. The first-order chi connectivity index (χ1) is 31.8. The van der Waals surface area contributed by atoms with Crippen LogP contribution in [0.1, 0.15) is 51.3 Å². The summed E-state index contributed by atoms with van der Waals surface area (Å²) in [7, 11) is 0. The third kappa shape index (κ3) is 4.92. The van der Waals surface area contributed by atoms with Crippen LogP contribution in [-0.2, 0) is 5.41 Å². The normalized spacial score (nSPS) is 18.5. The lowest BCUT2D eigenvalue weighted by molar-refractivity contribution is 0.409. The molecule has 2 N–H and O–H groups in total. The van der Waals surface area contributed by atoms with E-state index in [4.69, 9.17) is 4.99 Å². The van der Waals surface area contributed by atoms with Crippen LogP contribution in [0.25, 0.3) is 55.0 Å². The summed E-state index contributed by atoms with van der Waals surface area (Å²) in [5.41, 5.74) is 15.3. The molecule has 0 aliphatic carbocycles. The minimum absolute atomic E-state index is 0.158. The monoisotopic (exact) mass is 837 g/mol. The fraction of sp³-hybridized carbons (Fsp3) is 0.0517. The Morgan fingerprint density at radius 2 is 1.08 bits per heavy atom. The molecule has 3 unspecified atom stereocenters. The molecular formula is C58H39N5S. The van der Waals surface area contributed by atoms with E-state index < -0.39 is 5.41 Å². The average Bonchev–Trinajstić information content (AvgIpc) is 3.90. The smallest absolute Gasteiger partial charge is 0.131 e. The van der Waals surface area contributed by atoms with E-state index in [9.17, 15) is 0 Å². The summed E-state index contributed by atoms with van der Waals surface area (Å²) >= 11 is 1.92. The molecule has 5 heterocycles. The van der Waals surface area contributed by atoms with Crippen LogP contribution in [0.15, 0.2) is 227 Å². The summed E-state index contributed by atoms with van der Waals surface area (Å²) < 4.78 is 5.04. The second-order valence-electron chi connectivity index (χ2n) is 17.1. The second-order valence-corrected chi connectivity index (χ2v) is 18.2. The van der Waals surface area contributed by atoms with Crippen LogP contribution in [0.3, 0.4) is 0 Å². The molecule has 1 spiro atoms. The van der Waals surface area contributed by atoms with Crippen molar-refractivity contribution in [2.75, 3.05) is 0 Å². The SMILES string of the molecule is c1ccc(C2=NC(c3ccccc3)NC(c3ccc(-n4c5ccccc5c5ccc6c(c54)Sc4ccccc4C64c5ccccc5-n5c6ccccc6c6cccc4c65)cc3)N2)cc1. The quantitative estimate of drug-likeness (QED) is 0.186. The van der Waals surface area contributed by atoms with Crippen molar-refractivity contribution in [3.05, 3.63) is 251 Å². The number of amidine groups is 1. The first-order valence-electron chi connectivity index (χ1n) is 22.0. The minimum atomic E-state index is -0.567. The molecule has 9 aromatic carbocycles. The summed E-state index contributed by atoms with van der Waals surface area (Å²) in [6.45, 7) is 0. The molecule has 0 saturated heterocycles. The Morgan fingerprint density at radius 1 is 0.453 bits per heavy atom. The lowest BCUT2D eigenvalue weighted by atomic mass is 9.62. The Morgan fingerprint density at radius 3 is 1.88 bits per heavy atom. The van der Waals surface area contributed by atoms with Crippen molar-refractivity contribution in [3.63, 3.8) is 0 Å². The van der Waals surface area contributed by atoms with Crippen molar-refractivity contribution in [3.8, 4) is 11.4 Å². The van der Waals surface area contributed by atoms with Gasteiger partial charge in [0.2, 0.25) is 0 Å². The van der Waals surface area contributed by atoms with Gasteiger partial charge in [0.05, 0.1) is 33.2 Å². The Labute approximate surface area is 374 Å². The molecule has 3 aliphatic rings. The fourth-order valence-electron chi connectivity index (χ4n) is 11.2. The molecule has 0 fully saturated rings. The van der Waals surface area contributed by atoms with Crippen LogP contribution in [0, 0.1) is 0 Å². The standard InChI is InChI=1S/C58H39N5S/c1-3-16-36(17-4-1)55-59-56(37-18-5-2-6-19-37)61-57(60-55)38-30-32-39(33-31-38)62-48-26-11-7-21-41(48)43-34-35-47-54(53(43)62)64-51-29-14-10-24-45(51)58(47)44-23-9-13-28-50(44)63-49-27-12-8-20-40(49)42-22-15-25-46(58)52(42)63/h1-35,55,57,60H,(H,59,61). The number of nitrogens with one attached hydrogen (secondary N) is 2. The maximum absolute atomic E-state index is 5.15. The summed E-state index contributed by atoms with van der Waals surface area (Å²) in [6.07, 6.45) is -0.357. The number of fused-ring (bicyclic) bond motifs is 15. The highest BCUT2D eigenvalue weighted by Crippen LogP contribution is 2.62. The van der Waals surface area contributed by atoms with Gasteiger partial charge >= 0.3 is 0 Å². The number of benzene rings is 9. The van der Waals surface area contributed by atoms with E-state index in [1.807, 2.05) is 17.8 Å². The van der Waals surface area contributed by atoms with Crippen LogP contribution in [0.5, 0.6) is 0 Å². The molecular weight excluding hydrogens is 799 g/mol. The highest BCUT2D eigenvalue weighted by Gasteiger charge is 2.50. The number of nitrogens with zero attached hydrogens (tertiary/aromatic N) is 3. The Hall–Kier alpha value is -7.64. The first-order valence-corrected chi connectivity index (χ1v) is 22.8. The molecule has 11 aromatic rings. The number of aromatic nitrogens is 2. The highest BCUT2D eigenvalue weighted by molar-refractivity contribution is 7.99. The molecule has 5 nitrogen and oxygen atoms in total. The predicted octanol–water partition coefficient (Wildman–Crippen LogP) is 13.4. The van der Waals surface area contributed by atoms with Crippen LogP contribution in [0.4, 0.5) is 0 Å². The summed E-state index contributed by atoms with van der Waals surface area (Å²) in [6, 6.07) is 77.9. The Bertz CT molecular complexity index is 3720. The maximum Gasteiger partial charge on any atom is 0.131 e. The van der Waals surface area contributed by atoms with E-state index in [2.05, 4.69) is 226 Å². The molecule has 0 bridgehead atoms. The van der Waals surface area contributed by atoms with Crippen molar-refractivity contribution >= 4 is 61.2 Å². The van der Waals surface area contributed by atoms with E-state index in [1.54, 1.807) is 0 Å². The molecule has 3 atom stereocenters. The van der Waals surface area contributed by atoms with Crippen molar-refractivity contribution in [2.24, 2.45) is 4.99 Å². The molecule has 14 rings (SSSR count). The van der Waals surface area contributed by atoms with Crippen molar-refractivity contribution in [1.29, 1.82) is 0 Å². The third-order valence-corrected chi connectivity index (χ3v) is 15.0. The minimum Gasteiger partial charge on any atom is -0.350 e. The number of hydrogen-bond donors (Lipinski definition) is 2. The Kier molecular flexibility index (Phi) is 7.67. The van der Waals surface area contributed by atoms with Gasteiger partial charge in [-0.15, -0.1) is 0 Å². The molecule has 64 heavy (non-hydrogen) atoms. The number of rotatable bonds is 4. The zero-order valence-corrected chi connectivity index (χ0v) is 35.4. The maximum atomic E-state index is 5.15. The van der Waals surface area contributed by atoms with E-state index in [0.717, 1.165) is 28.2 Å². The van der Waals surface area contributed by atoms with Crippen LogP contribution in [-0.4, -0.2) is 15.0 Å². The van der Waals surface area contributed by atoms with Gasteiger partial charge in [0.15, 0.2) is 0 Å². The number of para-hydroxylation sites is 4. The van der Waals surface area contributed by atoms with Gasteiger partial charge in [0.25, 0.3) is 0 Å². The lowest BCUT2D eigenvalue weighted by Gasteiger charge is -2.45. The Balaban J connectivity index is 0.990. The van der Waals surface area contributed by atoms with Gasteiger partial charge in [-0.05, 0) is 69.8 Å². The van der Waals surface area contributed by atoms with Gasteiger partial charge in [-0.1, -0.05) is 188 Å². The van der Waals surface area contributed by atoms with E-state index in [0.29, 0.717) is 0 Å². The molecule has 0 radical (unpaired) electrons. The van der Waals surface area contributed by atoms with Gasteiger partial charge in [0.1, 0.15) is 18.2 Å². The summed E-state index contributed by atoms with van der Waals surface area (Å²) in [4.78, 5) is 7.73. The van der Waals surface area contributed by atoms with Crippen LogP contribution in [0.2, 0.25) is 0 Å². The van der Waals surface area contributed by atoms with Crippen molar-refractivity contribution in [1.82, 2.24) is 19.8 Å². The van der Waals surface area contributed by atoms with E-state index in [1.165, 1.54) is 81.3 Å². The number of hydrogen-bond acceptors (Lipinski definition) is 4. The topological polar surface area (TPSA) is 46.3 Å². The van der Waals surface area contributed by atoms with Gasteiger partial charge in [-0.3, -0.25) is 5.32 Å². The van der Waals surface area contributed by atoms with E-state index in [-0.39, 0.29) is 12.3 Å². The largest absolute Gasteiger partial charge is 0.350 e. The summed E-state index contributed by atoms with van der Waals surface area (Å²) in [5, 5.41) is 12.6. The lowest BCUT2D eigenvalue weighted by Crippen LogP contribution is -2.44. The van der Waals surface area contributed by atoms with Gasteiger partial charge in [0, 0.05) is 42.6 Å². The zero-order valence-electron chi connectivity index (χ0n) is 34.6. The van der Waals surface area contributed by atoms with E-state index >= 15 is 0 Å².